The Balaban J connectivity index is 1.73. The normalized spacial score (nSPS) is 11.5. The third kappa shape index (κ3) is 4.78. The fourth-order valence-corrected chi connectivity index (χ4v) is 3.54. The maximum absolute atomic E-state index is 12.5. The second-order valence-corrected chi connectivity index (χ2v) is 7.20. The number of para-hydroxylation sites is 1. The highest BCUT2D eigenvalue weighted by atomic mass is 35.5. The summed E-state index contributed by atoms with van der Waals surface area (Å²) < 4.78 is 35.6. The number of halogens is 3. The molecule has 0 amide bonds. The Kier molecular flexibility index (Phi) is 6.18. The fraction of sp³-hybridized carbons (Fsp3) is 0.294. The van der Waals surface area contributed by atoms with Crippen molar-refractivity contribution < 1.29 is 18.0 Å². The Labute approximate surface area is 158 Å². The number of aromatic nitrogens is 2. The molecule has 26 heavy (non-hydrogen) atoms. The number of rotatable bonds is 8. The van der Waals surface area contributed by atoms with Crippen molar-refractivity contribution in [3.63, 3.8) is 0 Å². The van der Waals surface area contributed by atoms with E-state index >= 15 is 0 Å². The van der Waals surface area contributed by atoms with E-state index in [1.807, 2.05) is 19.1 Å². The lowest BCUT2D eigenvalue weighted by Gasteiger charge is -2.16. The number of hydrogen-bond acceptors (Lipinski definition) is 6. The van der Waals surface area contributed by atoms with Crippen molar-refractivity contribution in [2.75, 3.05) is 6.54 Å². The molecule has 0 aliphatic heterocycles. The molecule has 2 heterocycles. The number of alkyl halides is 2. The van der Waals surface area contributed by atoms with Gasteiger partial charge in [-0.2, -0.15) is 13.8 Å². The zero-order valence-corrected chi connectivity index (χ0v) is 15.4. The van der Waals surface area contributed by atoms with Crippen LogP contribution in [0.4, 0.5) is 8.78 Å². The van der Waals surface area contributed by atoms with Crippen LogP contribution in [0.25, 0.3) is 11.4 Å². The van der Waals surface area contributed by atoms with Crippen LogP contribution in [0.5, 0.6) is 5.75 Å². The monoisotopic (exact) mass is 399 g/mol. The smallest absolute Gasteiger partial charge is 0.387 e. The van der Waals surface area contributed by atoms with Gasteiger partial charge in [0.2, 0.25) is 11.7 Å². The summed E-state index contributed by atoms with van der Waals surface area (Å²) in [5, 5.41) is 3.90. The van der Waals surface area contributed by atoms with Gasteiger partial charge < -0.3 is 9.26 Å². The Hall–Kier alpha value is -2.03. The average Bonchev–Trinajstić information content (AvgIpc) is 3.23. The first-order valence-electron chi connectivity index (χ1n) is 7.88. The summed E-state index contributed by atoms with van der Waals surface area (Å²) in [6.07, 6.45) is 0. The largest absolute Gasteiger partial charge is 0.434 e. The standard InChI is InChI=1S/C17H16ClF2N3O2S/c1-2-23(9-11-7-8-14(18)26-11)10-15-21-16(22-25-15)12-5-3-4-6-13(12)24-17(19)20/h3-8,17H,2,9-10H2,1H3. The minimum Gasteiger partial charge on any atom is -0.434 e. The molecule has 2 aromatic heterocycles. The highest BCUT2D eigenvalue weighted by molar-refractivity contribution is 7.16. The van der Waals surface area contributed by atoms with Crippen LogP contribution < -0.4 is 4.74 Å². The van der Waals surface area contributed by atoms with Gasteiger partial charge in [0.25, 0.3) is 0 Å². The van der Waals surface area contributed by atoms with Crippen LogP contribution >= 0.6 is 22.9 Å². The number of thiophene rings is 1. The summed E-state index contributed by atoms with van der Waals surface area (Å²) in [6.45, 7) is 1.03. The molecule has 9 heteroatoms. The van der Waals surface area contributed by atoms with Crippen LogP contribution in [0, 0.1) is 0 Å². The first kappa shape index (κ1) is 18.8. The van der Waals surface area contributed by atoms with Gasteiger partial charge in [-0.15, -0.1) is 11.3 Å². The summed E-state index contributed by atoms with van der Waals surface area (Å²) in [7, 11) is 0. The second-order valence-electron chi connectivity index (χ2n) is 5.40. The molecule has 1 aromatic carbocycles. The van der Waals surface area contributed by atoms with E-state index in [1.165, 1.54) is 17.4 Å². The molecular weight excluding hydrogens is 384 g/mol. The van der Waals surface area contributed by atoms with Crippen molar-refractivity contribution in [1.82, 2.24) is 15.0 Å². The maximum Gasteiger partial charge on any atom is 0.387 e. The molecule has 0 aliphatic carbocycles. The Morgan fingerprint density at radius 1 is 1.23 bits per heavy atom. The van der Waals surface area contributed by atoms with E-state index in [9.17, 15) is 8.78 Å². The summed E-state index contributed by atoms with van der Waals surface area (Å²) >= 11 is 7.48. The van der Waals surface area contributed by atoms with Crippen molar-refractivity contribution in [2.24, 2.45) is 0 Å². The molecule has 0 atom stereocenters. The van der Waals surface area contributed by atoms with Crippen LogP contribution in [0.15, 0.2) is 40.9 Å². The molecule has 3 aromatic rings. The summed E-state index contributed by atoms with van der Waals surface area (Å²) in [5.74, 6) is 0.623. The van der Waals surface area contributed by atoms with Crippen LogP contribution in [0.1, 0.15) is 17.7 Å². The van der Waals surface area contributed by atoms with Gasteiger partial charge in [0, 0.05) is 11.4 Å². The zero-order chi connectivity index (χ0) is 18.5. The van der Waals surface area contributed by atoms with Crippen molar-refractivity contribution in [3.05, 3.63) is 51.5 Å². The molecule has 0 radical (unpaired) electrons. The van der Waals surface area contributed by atoms with Crippen molar-refractivity contribution in [1.29, 1.82) is 0 Å². The van der Waals surface area contributed by atoms with Crippen LogP contribution in [-0.4, -0.2) is 28.2 Å². The Morgan fingerprint density at radius 3 is 2.73 bits per heavy atom. The molecule has 0 N–H and O–H groups in total. The third-order valence-corrected chi connectivity index (χ3v) is 4.84. The highest BCUT2D eigenvalue weighted by Gasteiger charge is 2.17. The van der Waals surface area contributed by atoms with Gasteiger partial charge >= 0.3 is 6.61 Å². The van der Waals surface area contributed by atoms with E-state index in [0.29, 0.717) is 24.5 Å². The van der Waals surface area contributed by atoms with Gasteiger partial charge in [0.15, 0.2) is 0 Å². The molecule has 0 saturated carbocycles. The van der Waals surface area contributed by atoms with E-state index in [1.54, 1.807) is 18.2 Å². The lowest BCUT2D eigenvalue weighted by molar-refractivity contribution is -0.0494. The number of benzene rings is 1. The van der Waals surface area contributed by atoms with Crippen LogP contribution in [0.3, 0.4) is 0 Å². The van der Waals surface area contributed by atoms with Gasteiger partial charge in [-0.05, 0) is 30.8 Å². The minimum atomic E-state index is -2.92. The van der Waals surface area contributed by atoms with E-state index in [0.717, 1.165) is 15.8 Å². The molecule has 0 saturated heterocycles. The highest BCUT2D eigenvalue weighted by Crippen LogP contribution is 2.29. The van der Waals surface area contributed by atoms with E-state index in [2.05, 4.69) is 19.8 Å². The molecule has 3 rings (SSSR count). The quantitative estimate of drug-likeness (QED) is 0.529. The molecule has 0 fully saturated rings. The first-order valence-corrected chi connectivity index (χ1v) is 9.08. The minimum absolute atomic E-state index is 0.00965. The zero-order valence-electron chi connectivity index (χ0n) is 13.9. The fourth-order valence-electron chi connectivity index (χ4n) is 2.41. The lowest BCUT2D eigenvalue weighted by Crippen LogP contribution is -2.21. The molecule has 5 nitrogen and oxygen atoms in total. The average molecular weight is 400 g/mol. The van der Waals surface area contributed by atoms with Gasteiger partial charge in [-0.1, -0.05) is 35.8 Å². The van der Waals surface area contributed by atoms with Gasteiger partial charge in [0.05, 0.1) is 16.4 Å². The molecule has 0 bridgehead atoms. The van der Waals surface area contributed by atoms with Gasteiger partial charge in [-0.3, -0.25) is 4.90 Å². The second kappa shape index (κ2) is 8.57. The molecule has 0 spiro atoms. The first-order chi connectivity index (χ1) is 12.5. The molecule has 0 unspecified atom stereocenters. The molecular formula is C17H16ClF2N3O2S. The molecule has 0 aliphatic rings. The van der Waals surface area contributed by atoms with Gasteiger partial charge in [0.1, 0.15) is 5.75 Å². The van der Waals surface area contributed by atoms with E-state index < -0.39 is 6.61 Å². The van der Waals surface area contributed by atoms with Crippen molar-refractivity contribution in [3.8, 4) is 17.1 Å². The number of ether oxygens (including phenoxy) is 1. The van der Waals surface area contributed by atoms with E-state index in [4.69, 9.17) is 16.1 Å². The predicted molar refractivity (Wildman–Crippen MR) is 95.5 cm³/mol. The van der Waals surface area contributed by atoms with Crippen LogP contribution in [0.2, 0.25) is 4.34 Å². The maximum atomic E-state index is 12.5. The topological polar surface area (TPSA) is 51.4 Å². The Bertz CT molecular complexity index is 856. The van der Waals surface area contributed by atoms with Crippen molar-refractivity contribution in [2.45, 2.75) is 26.6 Å². The van der Waals surface area contributed by atoms with Crippen molar-refractivity contribution >= 4 is 22.9 Å². The third-order valence-electron chi connectivity index (χ3n) is 3.63. The Morgan fingerprint density at radius 2 is 2.04 bits per heavy atom. The predicted octanol–water partition coefficient (Wildman–Crippen LogP) is 5.08. The number of nitrogens with zero attached hydrogens (tertiary/aromatic N) is 3. The van der Waals surface area contributed by atoms with Gasteiger partial charge in [-0.25, -0.2) is 0 Å². The number of hydrogen-bond donors (Lipinski definition) is 0. The summed E-state index contributed by atoms with van der Waals surface area (Å²) in [4.78, 5) is 7.56. The molecule has 138 valence electrons. The summed E-state index contributed by atoms with van der Waals surface area (Å²) in [5.41, 5.74) is 0.357. The van der Waals surface area contributed by atoms with E-state index in [-0.39, 0.29) is 11.6 Å². The SMILES string of the molecule is CCN(Cc1nc(-c2ccccc2OC(F)F)no1)Cc1ccc(Cl)s1. The van der Waals surface area contributed by atoms with Crippen LogP contribution in [-0.2, 0) is 13.1 Å². The lowest BCUT2D eigenvalue weighted by atomic mass is 10.2. The summed E-state index contributed by atoms with van der Waals surface area (Å²) in [6, 6.07) is 10.2.